The van der Waals surface area contributed by atoms with E-state index in [0.717, 1.165) is 24.2 Å². The van der Waals surface area contributed by atoms with Crippen molar-refractivity contribution >= 4 is 12.2 Å². The number of nitrogens with two attached hydrogens (primary N) is 1. The van der Waals surface area contributed by atoms with Crippen LogP contribution in [-0.4, -0.2) is 25.5 Å². The van der Waals surface area contributed by atoms with E-state index in [1.54, 1.807) is 0 Å². The lowest BCUT2D eigenvalue weighted by Gasteiger charge is -2.16. The molecule has 2 amide bonds. The lowest BCUT2D eigenvalue weighted by molar-refractivity contribution is 0.245. The van der Waals surface area contributed by atoms with Gasteiger partial charge in [-0.3, -0.25) is 0 Å². The Balaban J connectivity index is 1.83. The van der Waals surface area contributed by atoms with Gasteiger partial charge in [0.15, 0.2) is 0 Å². The van der Waals surface area contributed by atoms with E-state index in [1.807, 2.05) is 42.5 Å². The van der Waals surface area contributed by atoms with Gasteiger partial charge < -0.3 is 15.2 Å². The summed E-state index contributed by atoms with van der Waals surface area (Å²) in [5.74, 6) is 2.10. The fourth-order valence-corrected chi connectivity index (χ4v) is 2.55. The molecule has 0 aliphatic heterocycles. The van der Waals surface area contributed by atoms with Crippen LogP contribution in [0.2, 0.25) is 0 Å². The summed E-state index contributed by atoms with van der Waals surface area (Å²) < 4.78 is 11.8. The van der Waals surface area contributed by atoms with Gasteiger partial charge in [-0.25, -0.2) is 10.2 Å². The molecule has 0 spiro atoms. The first-order valence-electron chi connectivity index (χ1n) is 9.13. The van der Waals surface area contributed by atoms with E-state index in [2.05, 4.69) is 30.4 Å². The highest BCUT2D eigenvalue weighted by Crippen LogP contribution is 2.28. The first-order chi connectivity index (χ1) is 13.1. The summed E-state index contributed by atoms with van der Waals surface area (Å²) in [6.07, 6.45) is 3.32. The number of primary amides is 1. The van der Waals surface area contributed by atoms with E-state index in [-0.39, 0.29) is 0 Å². The summed E-state index contributed by atoms with van der Waals surface area (Å²) in [4.78, 5) is 10.7. The summed E-state index contributed by atoms with van der Waals surface area (Å²) >= 11 is 0. The predicted molar refractivity (Wildman–Crippen MR) is 108 cm³/mol. The molecule has 2 rings (SSSR count). The minimum atomic E-state index is -0.709. The minimum absolute atomic E-state index is 0.470. The van der Waals surface area contributed by atoms with E-state index in [4.69, 9.17) is 15.2 Å². The van der Waals surface area contributed by atoms with Crippen molar-refractivity contribution in [1.29, 1.82) is 0 Å². The summed E-state index contributed by atoms with van der Waals surface area (Å²) in [6, 6.07) is 14.9. The lowest BCUT2D eigenvalue weighted by atomic mass is 9.98. The van der Waals surface area contributed by atoms with Crippen molar-refractivity contribution in [2.24, 2.45) is 10.8 Å². The molecular formula is C21H27N3O3. The SMILES string of the molecule is CCC(C)c1ccccc1OCCCOc1ccccc1C=NNC(N)=O. The van der Waals surface area contributed by atoms with Gasteiger partial charge in [0.1, 0.15) is 11.5 Å². The molecule has 0 radical (unpaired) electrons. The Bertz CT molecular complexity index is 762. The molecule has 144 valence electrons. The predicted octanol–water partition coefficient (Wildman–Crippen LogP) is 4.05. The Morgan fingerprint density at radius 2 is 1.74 bits per heavy atom. The molecular weight excluding hydrogens is 342 g/mol. The fourth-order valence-electron chi connectivity index (χ4n) is 2.55. The molecule has 6 nitrogen and oxygen atoms in total. The summed E-state index contributed by atoms with van der Waals surface area (Å²) in [5.41, 5.74) is 9.15. The average molecular weight is 369 g/mol. The molecule has 1 unspecified atom stereocenters. The number of para-hydroxylation sites is 2. The van der Waals surface area contributed by atoms with E-state index < -0.39 is 6.03 Å². The molecule has 27 heavy (non-hydrogen) atoms. The zero-order chi connectivity index (χ0) is 19.5. The van der Waals surface area contributed by atoms with Gasteiger partial charge in [-0.05, 0) is 36.1 Å². The van der Waals surface area contributed by atoms with Crippen molar-refractivity contribution in [3.8, 4) is 11.5 Å². The maximum Gasteiger partial charge on any atom is 0.332 e. The number of hydrogen-bond acceptors (Lipinski definition) is 4. The molecule has 1 atom stereocenters. The number of rotatable bonds is 10. The number of nitrogens with one attached hydrogen (secondary N) is 1. The third kappa shape index (κ3) is 6.66. The smallest absolute Gasteiger partial charge is 0.332 e. The van der Waals surface area contributed by atoms with Crippen molar-refractivity contribution in [3.05, 3.63) is 59.7 Å². The molecule has 0 fully saturated rings. The Labute approximate surface area is 160 Å². The summed E-state index contributed by atoms with van der Waals surface area (Å²) in [5, 5.41) is 3.77. The van der Waals surface area contributed by atoms with Crippen LogP contribution in [0.5, 0.6) is 11.5 Å². The molecule has 0 aliphatic rings. The molecule has 0 aromatic heterocycles. The van der Waals surface area contributed by atoms with E-state index in [0.29, 0.717) is 24.9 Å². The van der Waals surface area contributed by atoms with E-state index in [1.165, 1.54) is 11.8 Å². The van der Waals surface area contributed by atoms with Crippen LogP contribution < -0.4 is 20.6 Å². The highest BCUT2D eigenvalue weighted by molar-refractivity contribution is 5.84. The van der Waals surface area contributed by atoms with Crippen LogP contribution in [0.1, 0.15) is 43.7 Å². The maximum atomic E-state index is 10.7. The minimum Gasteiger partial charge on any atom is -0.493 e. The number of hydrogen-bond donors (Lipinski definition) is 2. The zero-order valence-corrected chi connectivity index (χ0v) is 15.9. The van der Waals surface area contributed by atoms with Crippen LogP contribution in [-0.2, 0) is 0 Å². The number of nitrogens with zero attached hydrogens (tertiary/aromatic N) is 1. The molecule has 2 aromatic rings. The van der Waals surface area contributed by atoms with Crippen LogP contribution in [0.4, 0.5) is 4.79 Å². The third-order valence-electron chi connectivity index (χ3n) is 4.16. The van der Waals surface area contributed by atoms with Crippen molar-refractivity contribution in [2.75, 3.05) is 13.2 Å². The van der Waals surface area contributed by atoms with Crippen molar-refractivity contribution < 1.29 is 14.3 Å². The molecule has 2 aromatic carbocycles. The van der Waals surface area contributed by atoms with E-state index in [9.17, 15) is 4.79 Å². The molecule has 0 heterocycles. The van der Waals surface area contributed by atoms with Crippen molar-refractivity contribution in [3.63, 3.8) is 0 Å². The lowest BCUT2D eigenvalue weighted by Crippen LogP contribution is -2.24. The fraction of sp³-hybridized carbons (Fsp3) is 0.333. The van der Waals surface area contributed by atoms with Gasteiger partial charge in [0, 0.05) is 12.0 Å². The molecule has 0 bridgehead atoms. The normalized spacial score (nSPS) is 11.9. The number of ether oxygens (including phenoxy) is 2. The van der Waals surface area contributed by atoms with Crippen molar-refractivity contribution in [2.45, 2.75) is 32.6 Å². The first kappa shape index (κ1) is 20.3. The Morgan fingerprint density at radius 3 is 2.44 bits per heavy atom. The highest BCUT2D eigenvalue weighted by Gasteiger charge is 2.09. The summed E-state index contributed by atoms with van der Waals surface area (Å²) in [6.45, 7) is 5.47. The second-order valence-corrected chi connectivity index (χ2v) is 6.17. The van der Waals surface area contributed by atoms with E-state index >= 15 is 0 Å². The third-order valence-corrected chi connectivity index (χ3v) is 4.16. The molecule has 6 heteroatoms. The monoisotopic (exact) mass is 369 g/mol. The van der Waals surface area contributed by atoms with Gasteiger partial charge in [-0.1, -0.05) is 44.2 Å². The second-order valence-electron chi connectivity index (χ2n) is 6.17. The second kappa shape index (κ2) is 10.9. The number of amides is 2. The largest absolute Gasteiger partial charge is 0.493 e. The number of carbonyl (C=O) groups excluding carboxylic acids is 1. The Hall–Kier alpha value is -3.02. The molecule has 0 saturated carbocycles. The van der Waals surface area contributed by atoms with Gasteiger partial charge in [0.2, 0.25) is 0 Å². The van der Waals surface area contributed by atoms with Gasteiger partial charge in [-0.2, -0.15) is 5.10 Å². The highest BCUT2D eigenvalue weighted by atomic mass is 16.5. The van der Waals surface area contributed by atoms with Gasteiger partial charge in [-0.15, -0.1) is 0 Å². The average Bonchev–Trinajstić information content (AvgIpc) is 2.68. The Kier molecular flexibility index (Phi) is 8.16. The first-order valence-corrected chi connectivity index (χ1v) is 9.13. The molecule has 0 saturated heterocycles. The molecule has 3 N–H and O–H groups in total. The number of carbonyl (C=O) groups is 1. The topological polar surface area (TPSA) is 85.9 Å². The van der Waals surface area contributed by atoms with Crippen molar-refractivity contribution in [1.82, 2.24) is 5.43 Å². The van der Waals surface area contributed by atoms with Crippen LogP contribution >= 0.6 is 0 Å². The molecule has 0 aliphatic carbocycles. The van der Waals surface area contributed by atoms with Crippen LogP contribution in [0, 0.1) is 0 Å². The van der Waals surface area contributed by atoms with Gasteiger partial charge in [0.05, 0.1) is 19.4 Å². The number of urea groups is 1. The number of hydrazone groups is 1. The van der Waals surface area contributed by atoms with Gasteiger partial charge >= 0.3 is 6.03 Å². The Morgan fingerprint density at radius 1 is 1.11 bits per heavy atom. The van der Waals surface area contributed by atoms with Crippen LogP contribution in [0.25, 0.3) is 0 Å². The number of benzene rings is 2. The summed E-state index contributed by atoms with van der Waals surface area (Å²) in [7, 11) is 0. The van der Waals surface area contributed by atoms with Gasteiger partial charge in [0.25, 0.3) is 0 Å². The van der Waals surface area contributed by atoms with Crippen LogP contribution in [0.15, 0.2) is 53.6 Å². The standard InChI is InChI=1S/C21H27N3O3/c1-3-16(2)18-10-5-7-12-20(18)27-14-8-13-26-19-11-6-4-9-17(19)15-23-24-21(22)25/h4-7,9-12,15-16H,3,8,13-14H2,1-2H3,(H3,22,24,25). The zero-order valence-electron chi connectivity index (χ0n) is 15.9. The van der Waals surface area contributed by atoms with Crippen LogP contribution in [0.3, 0.4) is 0 Å². The quantitative estimate of drug-likeness (QED) is 0.376. The maximum absolute atomic E-state index is 10.7.